The Morgan fingerprint density at radius 3 is 2.29 bits per heavy atom. The summed E-state index contributed by atoms with van der Waals surface area (Å²) in [4.78, 5) is 11.7. The summed E-state index contributed by atoms with van der Waals surface area (Å²) in [5.41, 5.74) is 6.15. The third-order valence-electron chi connectivity index (χ3n) is 3.79. The van der Waals surface area contributed by atoms with Gasteiger partial charge in [0.05, 0.1) is 5.41 Å². The largest absolute Gasteiger partial charge is 0.369 e. The second kappa shape index (κ2) is 4.86. The minimum Gasteiger partial charge on any atom is -0.369 e. The van der Waals surface area contributed by atoms with E-state index in [1.54, 1.807) is 12.1 Å². The summed E-state index contributed by atoms with van der Waals surface area (Å²) in [7, 11) is 0. The number of amides is 1. The topological polar surface area (TPSA) is 43.1 Å². The van der Waals surface area contributed by atoms with Gasteiger partial charge in [-0.05, 0) is 37.0 Å². The monoisotopic (exact) mass is 235 g/mol. The number of rotatable bonds is 3. The van der Waals surface area contributed by atoms with E-state index in [1.165, 1.54) is 18.6 Å². The van der Waals surface area contributed by atoms with Gasteiger partial charge >= 0.3 is 0 Å². The fourth-order valence-electron chi connectivity index (χ4n) is 2.73. The van der Waals surface area contributed by atoms with Gasteiger partial charge in [-0.25, -0.2) is 4.39 Å². The standard InChI is InChI=1S/C14H18FNO/c15-12-6-4-11(5-7-12)10-14(13(16)17)8-2-1-3-9-14/h4-7H,1-3,8-10H2,(H2,16,17). The first-order valence-electron chi connectivity index (χ1n) is 6.17. The molecule has 1 aliphatic rings. The molecular weight excluding hydrogens is 217 g/mol. The van der Waals surface area contributed by atoms with Crippen molar-refractivity contribution in [3.05, 3.63) is 35.6 Å². The molecule has 2 nitrogen and oxygen atoms in total. The van der Waals surface area contributed by atoms with Gasteiger partial charge in [-0.3, -0.25) is 4.79 Å². The van der Waals surface area contributed by atoms with E-state index in [9.17, 15) is 9.18 Å². The van der Waals surface area contributed by atoms with Crippen molar-refractivity contribution in [2.75, 3.05) is 0 Å². The van der Waals surface area contributed by atoms with Gasteiger partial charge in [0.2, 0.25) is 5.91 Å². The Bertz CT molecular complexity index is 393. The Balaban J connectivity index is 2.17. The highest BCUT2D eigenvalue weighted by Crippen LogP contribution is 2.39. The first kappa shape index (κ1) is 12.1. The smallest absolute Gasteiger partial charge is 0.223 e. The van der Waals surface area contributed by atoms with Crippen LogP contribution < -0.4 is 5.73 Å². The number of benzene rings is 1. The van der Waals surface area contributed by atoms with E-state index < -0.39 is 5.41 Å². The van der Waals surface area contributed by atoms with Crippen molar-refractivity contribution in [1.29, 1.82) is 0 Å². The molecular formula is C14H18FNO. The van der Waals surface area contributed by atoms with Crippen LogP contribution >= 0.6 is 0 Å². The van der Waals surface area contributed by atoms with Gasteiger partial charge in [0.25, 0.3) is 0 Å². The Morgan fingerprint density at radius 2 is 1.76 bits per heavy atom. The van der Waals surface area contributed by atoms with Crippen molar-refractivity contribution >= 4 is 5.91 Å². The molecule has 92 valence electrons. The van der Waals surface area contributed by atoms with E-state index in [-0.39, 0.29) is 11.7 Å². The lowest BCUT2D eigenvalue weighted by Crippen LogP contribution is -2.40. The van der Waals surface area contributed by atoms with Crippen LogP contribution in [0.2, 0.25) is 0 Å². The number of halogens is 1. The van der Waals surface area contributed by atoms with Gasteiger partial charge in [0.1, 0.15) is 5.82 Å². The van der Waals surface area contributed by atoms with Crippen LogP contribution in [0.3, 0.4) is 0 Å². The van der Waals surface area contributed by atoms with Crippen LogP contribution in [0.1, 0.15) is 37.7 Å². The van der Waals surface area contributed by atoms with Gasteiger partial charge in [-0.15, -0.1) is 0 Å². The quantitative estimate of drug-likeness (QED) is 0.860. The highest BCUT2D eigenvalue weighted by Gasteiger charge is 2.37. The Hall–Kier alpha value is -1.38. The first-order chi connectivity index (χ1) is 8.12. The predicted octanol–water partition coefficient (Wildman–Crippen LogP) is 2.80. The third-order valence-corrected chi connectivity index (χ3v) is 3.79. The minimum atomic E-state index is -0.407. The van der Waals surface area contributed by atoms with Gasteiger partial charge in [-0.1, -0.05) is 31.4 Å². The highest BCUT2D eigenvalue weighted by molar-refractivity contribution is 5.81. The van der Waals surface area contributed by atoms with Gasteiger partial charge in [0, 0.05) is 0 Å². The molecule has 1 saturated carbocycles. The van der Waals surface area contributed by atoms with Crippen molar-refractivity contribution in [3.63, 3.8) is 0 Å². The predicted molar refractivity (Wildman–Crippen MR) is 64.8 cm³/mol. The Morgan fingerprint density at radius 1 is 1.18 bits per heavy atom. The molecule has 0 radical (unpaired) electrons. The number of nitrogens with two attached hydrogens (primary N) is 1. The average molecular weight is 235 g/mol. The second-order valence-electron chi connectivity index (χ2n) is 5.01. The van der Waals surface area contributed by atoms with Crippen molar-refractivity contribution in [2.45, 2.75) is 38.5 Å². The van der Waals surface area contributed by atoms with Crippen LogP contribution in [0.5, 0.6) is 0 Å². The molecule has 0 saturated heterocycles. The normalized spacial score (nSPS) is 18.9. The minimum absolute atomic E-state index is 0.207. The van der Waals surface area contributed by atoms with Crippen LogP contribution in [-0.4, -0.2) is 5.91 Å². The number of primary amides is 1. The molecule has 1 aromatic rings. The van der Waals surface area contributed by atoms with E-state index in [0.29, 0.717) is 6.42 Å². The summed E-state index contributed by atoms with van der Waals surface area (Å²) < 4.78 is 12.8. The van der Waals surface area contributed by atoms with Gasteiger partial charge in [0.15, 0.2) is 0 Å². The van der Waals surface area contributed by atoms with Crippen LogP contribution in [0, 0.1) is 11.2 Å². The summed E-state index contributed by atoms with van der Waals surface area (Å²) in [6, 6.07) is 6.36. The fraction of sp³-hybridized carbons (Fsp3) is 0.500. The molecule has 0 aliphatic heterocycles. The zero-order valence-electron chi connectivity index (χ0n) is 9.92. The maximum atomic E-state index is 12.8. The molecule has 1 aromatic carbocycles. The van der Waals surface area contributed by atoms with Crippen LogP contribution in [0.25, 0.3) is 0 Å². The lowest BCUT2D eigenvalue weighted by Gasteiger charge is -2.34. The fourth-order valence-corrected chi connectivity index (χ4v) is 2.73. The SMILES string of the molecule is NC(=O)C1(Cc2ccc(F)cc2)CCCCC1. The van der Waals surface area contributed by atoms with E-state index in [2.05, 4.69) is 0 Å². The lowest BCUT2D eigenvalue weighted by atomic mass is 9.70. The molecule has 1 amide bonds. The lowest BCUT2D eigenvalue weighted by molar-refractivity contribution is -0.129. The molecule has 1 fully saturated rings. The maximum absolute atomic E-state index is 12.8. The van der Waals surface area contributed by atoms with E-state index >= 15 is 0 Å². The summed E-state index contributed by atoms with van der Waals surface area (Å²) >= 11 is 0. The number of carbonyl (C=O) groups is 1. The first-order valence-corrected chi connectivity index (χ1v) is 6.17. The highest BCUT2D eigenvalue weighted by atomic mass is 19.1. The molecule has 0 spiro atoms. The molecule has 3 heteroatoms. The second-order valence-corrected chi connectivity index (χ2v) is 5.01. The van der Waals surface area contributed by atoms with E-state index in [1.807, 2.05) is 0 Å². The molecule has 0 unspecified atom stereocenters. The van der Waals surface area contributed by atoms with Crippen LogP contribution in [-0.2, 0) is 11.2 Å². The molecule has 2 rings (SSSR count). The molecule has 0 heterocycles. The van der Waals surface area contributed by atoms with Crippen molar-refractivity contribution in [3.8, 4) is 0 Å². The van der Waals surface area contributed by atoms with Crippen LogP contribution in [0.4, 0.5) is 4.39 Å². The van der Waals surface area contributed by atoms with Crippen molar-refractivity contribution in [2.24, 2.45) is 11.1 Å². The van der Waals surface area contributed by atoms with Gasteiger partial charge in [-0.2, -0.15) is 0 Å². The van der Waals surface area contributed by atoms with Crippen molar-refractivity contribution < 1.29 is 9.18 Å². The maximum Gasteiger partial charge on any atom is 0.223 e. The van der Waals surface area contributed by atoms with E-state index in [0.717, 1.165) is 31.2 Å². The molecule has 2 N–H and O–H groups in total. The zero-order chi connectivity index (χ0) is 12.3. The summed E-state index contributed by atoms with van der Waals surface area (Å²) in [5, 5.41) is 0. The zero-order valence-corrected chi connectivity index (χ0v) is 9.92. The average Bonchev–Trinajstić information content (AvgIpc) is 2.33. The van der Waals surface area contributed by atoms with E-state index in [4.69, 9.17) is 5.73 Å². The summed E-state index contributed by atoms with van der Waals surface area (Å²) in [6.07, 6.45) is 5.66. The molecule has 0 bridgehead atoms. The Kier molecular flexibility index (Phi) is 3.46. The van der Waals surface area contributed by atoms with Gasteiger partial charge < -0.3 is 5.73 Å². The number of hydrogen-bond donors (Lipinski definition) is 1. The molecule has 17 heavy (non-hydrogen) atoms. The third kappa shape index (κ3) is 2.65. The molecule has 0 atom stereocenters. The summed E-state index contributed by atoms with van der Waals surface area (Å²) in [6.45, 7) is 0. The number of hydrogen-bond acceptors (Lipinski definition) is 1. The molecule has 0 aromatic heterocycles. The number of carbonyl (C=O) groups excluding carboxylic acids is 1. The molecule has 1 aliphatic carbocycles. The van der Waals surface area contributed by atoms with Crippen LogP contribution in [0.15, 0.2) is 24.3 Å². The van der Waals surface area contributed by atoms with Crippen molar-refractivity contribution in [1.82, 2.24) is 0 Å². The Labute approximate surface area is 101 Å². The summed E-state index contributed by atoms with van der Waals surface area (Å²) in [5.74, 6) is -0.452.